The van der Waals surface area contributed by atoms with Crippen molar-refractivity contribution >= 4 is 28.5 Å². The molecule has 1 amide bonds. The summed E-state index contributed by atoms with van der Waals surface area (Å²) in [4.78, 5) is 16.0. The zero-order valence-electron chi connectivity index (χ0n) is 10.2. The van der Waals surface area contributed by atoms with Crippen molar-refractivity contribution in [3.63, 3.8) is 0 Å². The van der Waals surface area contributed by atoms with E-state index in [-0.39, 0.29) is 11.9 Å². The topological polar surface area (TPSA) is 51.2 Å². The highest BCUT2D eigenvalue weighted by molar-refractivity contribution is 14.1. The second-order valence-corrected chi connectivity index (χ2v) is 4.94. The fraction of sp³-hybridized carbons (Fsp3) is 0.500. The number of methoxy groups -OCH3 is 1. The van der Waals surface area contributed by atoms with Crippen LogP contribution in [0.1, 0.15) is 24.2 Å². The summed E-state index contributed by atoms with van der Waals surface area (Å²) in [7, 11) is 1.53. The van der Waals surface area contributed by atoms with Gasteiger partial charge in [-0.05, 0) is 12.0 Å². The van der Waals surface area contributed by atoms with Gasteiger partial charge in [-0.3, -0.25) is 9.78 Å². The number of alkyl halides is 1. The third-order valence-electron chi connectivity index (χ3n) is 2.54. The molecule has 1 heterocycles. The van der Waals surface area contributed by atoms with E-state index < -0.39 is 0 Å². The molecule has 0 radical (unpaired) electrons. The molecule has 94 valence electrons. The zero-order valence-corrected chi connectivity index (χ0v) is 12.4. The van der Waals surface area contributed by atoms with Crippen molar-refractivity contribution in [2.75, 3.05) is 11.5 Å². The first-order valence-electron chi connectivity index (χ1n) is 5.45. The second-order valence-electron chi connectivity index (χ2n) is 4.05. The number of nitrogens with zero attached hydrogens (tertiary/aromatic N) is 1. The maximum Gasteiger partial charge on any atom is 0.255 e. The van der Waals surface area contributed by atoms with E-state index in [1.807, 2.05) is 0 Å². The van der Waals surface area contributed by atoms with Gasteiger partial charge in [-0.25, -0.2) is 0 Å². The molecule has 4 nitrogen and oxygen atoms in total. The number of carbonyl (C=O) groups excluding carboxylic acids is 1. The number of rotatable bonds is 5. The Morgan fingerprint density at radius 2 is 2.29 bits per heavy atom. The van der Waals surface area contributed by atoms with Gasteiger partial charge >= 0.3 is 0 Å². The lowest BCUT2D eigenvalue weighted by Crippen LogP contribution is -2.39. The average molecular weight is 348 g/mol. The zero-order chi connectivity index (χ0) is 12.8. The number of nitrogens with one attached hydrogen (secondary N) is 1. The van der Waals surface area contributed by atoms with Crippen molar-refractivity contribution in [3.8, 4) is 5.75 Å². The summed E-state index contributed by atoms with van der Waals surface area (Å²) < 4.78 is 6.00. The molecule has 0 aromatic carbocycles. The number of hydrogen-bond donors (Lipinski definition) is 1. The number of pyridine rings is 1. The number of ether oxygens (including phenoxy) is 1. The van der Waals surface area contributed by atoms with Gasteiger partial charge < -0.3 is 10.1 Å². The van der Waals surface area contributed by atoms with Gasteiger partial charge in [0.25, 0.3) is 5.91 Å². The van der Waals surface area contributed by atoms with E-state index in [0.717, 1.165) is 4.43 Å². The van der Waals surface area contributed by atoms with Gasteiger partial charge in [0, 0.05) is 16.7 Å². The molecule has 0 fully saturated rings. The average Bonchev–Trinajstić information content (AvgIpc) is 2.35. The Labute approximate surface area is 115 Å². The number of hydrogen-bond acceptors (Lipinski definition) is 3. The standard InChI is InChI=1S/C12H17IN2O2/c1-8(2)10(6-13)15-12(16)9-4-5-14-7-11(9)17-3/h4-5,7-8,10H,6H2,1-3H3,(H,15,16). The van der Waals surface area contributed by atoms with Gasteiger partial charge in [0.15, 0.2) is 0 Å². The summed E-state index contributed by atoms with van der Waals surface area (Å²) in [6, 6.07) is 1.83. The van der Waals surface area contributed by atoms with Crippen molar-refractivity contribution in [2.24, 2.45) is 5.92 Å². The van der Waals surface area contributed by atoms with Crippen molar-refractivity contribution in [1.29, 1.82) is 0 Å². The third kappa shape index (κ3) is 3.83. The number of carbonyl (C=O) groups is 1. The van der Waals surface area contributed by atoms with E-state index >= 15 is 0 Å². The smallest absolute Gasteiger partial charge is 0.255 e. The third-order valence-corrected chi connectivity index (χ3v) is 3.49. The van der Waals surface area contributed by atoms with Crippen LogP contribution in [0.3, 0.4) is 0 Å². The highest BCUT2D eigenvalue weighted by atomic mass is 127. The molecule has 1 aromatic rings. The Morgan fingerprint density at radius 1 is 1.59 bits per heavy atom. The molecule has 0 aliphatic heterocycles. The van der Waals surface area contributed by atoms with Crippen LogP contribution in [0.4, 0.5) is 0 Å². The Balaban J connectivity index is 2.82. The van der Waals surface area contributed by atoms with Crippen LogP contribution in [0.5, 0.6) is 5.75 Å². The molecule has 0 aliphatic carbocycles. The van der Waals surface area contributed by atoms with Crippen LogP contribution >= 0.6 is 22.6 Å². The molecule has 0 aliphatic rings. The monoisotopic (exact) mass is 348 g/mol. The van der Waals surface area contributed by atoms with E-state index in [2.05, 4.69) is 46.7 Å². The maximum atomic E-state index is 12.1. The Hall–Kier alpha value is -0.850. The summed E-state index contributed by atoms with van der Waals surface area (Å²) in [5, 5.41) is 3.00. The van der Waals surface area contributed by atoms with E-state index in [1.54, 1.807) is 18.5 Å². The molecule has 1 aromatic heterocycles. The van der Waals surface area contributed by atoms with Crippen molar-refractivity contribution in [3.05, 3.63) is 24.0 Å². The molecule has 5 heteroatoms. The largest absolute Gasteiger partial charge is 0.494 e. The van der Waals surface area contributed by atoms with E-state index in [4.69, 9.17) is 4.74 Å². The minimum Gasteiger partial charge on any atom is -0.494 e. The molecule has 0 bridgehead atoms. The van der Waals surface area contributed by atoms with Crippen LogP contribution < -0.4 is 10.1 Å². The molecule has 1 N–H and O–H groups in total. The Kier molecular flexibility index (Phi) is 5.67. The van der Waals surface area contributed by atoms with Crippen LogP contribution in [-0.4, -0.2) is 28.5 Å². The first kappa shape index (κ1) is 14.2. The van der Waals surface area contributed by atoms with Crippen molar-refractivity contribution in [2.45, 2.75) is 19.9 Å². The minimum absolute atomic E-state index is 0.111. The van der Waals surface area contributed by atoms with Crippen LogP contribution in [-0.2, 0) is 0 Å². The lowest BCUT2D eigenvalue weighted by Gasteiger charge is -2.20. The fourth-order valence-corrected chi connectivity index (χ4v) is 2.60. The van der Waals surface area contributed by atoms with Gasteiger partial charge in [-0.2, -0.15) is 0 Å². The van der Waals surface area contributed by atoms with Crippen LogP contribution in [0.15, 0.2) is 18.5 Å². The molecule has 0 saturated heterocycles. The fourth-order valence-electron chi connectivity index (χ4n) is 1.36. The maximum absolute atomic E-state index is 12.1. The molecule has 1 rings (SSSR count). The SMILES string of the molecule is COc1cnccc1C(=O)NC(CI)C(C)C. The quantitative estimate of drug-likeness (QED) is 0.656. The van der Waals surface area contributed by atoms with E-state index in [0.29, 0.717) is 17.2 Å². The van der Waals surface area contributed by atoms with Gasteiger partial charge in [0.05, 0.1) is 18.9 Å². The minimum atomic E-state index is -0.111. The summed E-state index contributed by atoms with van der Waals surface area (Å²) in [5.74, 6) is 0.796. The second kappa shape index (κ2) is 6.78. The highest BCUT2D eigenvalue weighted by Gasteiger charge is 2.18. The molecule has 1 unspecified atom stereocenters. The van der Waals surface area contributed by atoms with Gasteiger partial charge in [0.1, 0.15) is 5.75 Å². The summed E-state index contributed by atoms with van der Waals surface area (Å²) in [5.41, 5.74) is 0.526. The summed E-state index contributed by atoms with van der Waals surface area (Å²) in [6.07, 6.45) is 3.13. The van der Waals surface area contributed by atoms with E-state index in [9.17, 15) is 4.79 Å². The van der Waals surface area contributed by atoms with Crippen LogP contribution in [0.2, 0.25) is 0 Å². The number of aromatic nitrogens is 1. The van der Waals surface area contributed by atoms with Gasteiger partial charge in [-0.15, -0.1) is 0 Å². The summed E-state index contributed by atoms with van der Waals surface area (Å²) >= 11 is 2.28. The van der Waals surface area contributed by atoms with Gasteiger partial charge in [-0.1, -0.05) is 36.4 Å². The van der Waals surface area contributed by atoms with Crippen molar-refractivity contribution in [1.82, 2.24) is 10.3 Å². The Morgan fingerprint density at radius 3 is 2.82 bits per heavy atom. The lowest BCUT2D eigenvalue weighted by atomic mass is 10.1. The molecular formula is C12H17IN2O2. The molecule has 0 saturated carbocycles. The first-order chi connectivity index (χ1) is 8.10. The van der Waals surface area contributed by atoms with E-state index in [1.165, 1.54) is 7.11 Å². The lowest BCUT2D eigenvalue weighted by molar-refractivity contribution is 0.0929. The molecular weight excluding hydrogens is 331 g/mol. The predicted octanol–water partition coefficient (Wildman–Crippen LogP) is 2.28. The number of halogens is 1. The van der Waals surface area contributed by atoms with Gasteiger partial charge in [0.2, 0.25) is 0 Å². The normalized spacial score (nSPS) is 12.3. The first-order valence-corrected chi connectivity index (χ1v) is 6.97. The highest BCUT2D eigenvalue weighted by Crippen LogP contribution is 2.16. The molecule has 0 spiro atoms. The molecule has 1 atom stereocenters. The predicted molar refractivity (Wildman–Crippen MR) is 75.8 cm³/mol. The summed E-state index contributed by atoms with van der Waals surface area (Å²) in [6.45, 7) is 4.18. The van der Waals surface area contributed by atoms with Crippen LogP contribution in [0.25, 0.3) is 0 Å². The van der Waals surface area contributed by atoms with Crippen LogP contribution in [0, 0.1) is 5.92 Å². The Bertz CT molecular complexity index is 383. The number of amides is 1. The van der Waals surface area contributed by atoms with Crippen molar-refractivity contribution < 1.29 is 9.53 Å². The molecule has 17 heavy (non-hydrogen) atoms.